The van der Waals surface area contributed by atoms with Crippen LogP contribution in [0.2, 0.25) is 0 Å². The summed E-state index contributed by atoms with van der Waals surface area (Å²) in [5.41, 5.74) is 3.31. The van der Waals surface area contributed by atoms with Crippen LogP contribution in [0.1, 0.15) is 36.2 Å². The van der Waals surface area contributed by atoms with Gasteiger partial charge < -0.3 is 9.64 Å². The number of aromatic nitrogens is 2. The zero-order valence-corrected chi connectivity index (χ0v) is 14.0. The SMILES string of the molecule is CC[C@@H]1c2ccccc2CCN1C(=O)Nc1cc(COC)ncn1. The fraction of sp³-hybridized carbons (Fsp3) is 0.389. The molecule has 1 N–H and O–H groups in total. The Morgan fingerprint density at radius 1 is 1.38 bits per heavy atom. The molecule has 1 aliphatic rings. The van der Waals surface area contributed by atoms with Crippen LogP contribution in [0.25, 0.3) is 0 Å². The normalized spacial score (nSPS) is 16.6. The van der Waals surface area contributed by atoms with Crippen molar-refractivity contribution in [1.82, 2.24) is 14.9 Å². The van der Waals surface area contributed by atoms with Gasteiger partial charge >= 0.3 is 6.03 Å². The Balaban J connectivity index is 1.76. The highest BCUT2D eigenvalue weighted by Crippen LogP contribution is 2.32. The van der Waals surface area contributed by atoms with Crippen molar-refractivity contribution in [2.75, 3.05) is 19.0 Å². The number of urea groups is 1. The minimum Gasteiger partial charge on any atom is -0.378 e. The van der Waals surface area contributed by atoms with E-state index in [1.807, 2.05) is 11.0 Å². The van der Waals surface area contributed by atoms with E-state index >= 15 is 0 Å². The molecule has 2 amide bonds. The number of anilines is 1. The van der Waals surface area contributed by atoms with Gasteiger partial charge in [-0.1, -0.05) is 31.2 Å². The van der Waals surface area contributed by atoms with Gasteiger partial charge in [0.25, 0.3) is 0 Å². The van der Waals surface area contributed by atoms with Gasteiger partial charge in [-0.2, -0.15) is 0 Å². The van der Waals surface area contributed by atoms with E-state index in [2.05, 4.69) is 40.4 Å². The average molecular weight is 326 g/mol. The van der Waals surface area contributed by atoms with Crippen LogP contribution in [0.4, 0.5) is 10.6 Å². The number of ether oxygens (including phenoxy) is 1. The highest BCUT2D eigenvalue weighted by Gasteiger charge is 2.29. The first-order valence-corrected chi connectivity index (χ1v) is 8.18. The van der Waals surface area contributed by atoms with Gasteiger partial charge in [0.05, 0.1) is 18.3 Å². The molecular formula is C18H22N4O2. The van der Waals surface area contributed by atoms with Crippen molar-refractivity contribution < 1.29 is 9.53 Å². The summed E-state index contributed by atoms with van der Waals surface area (Å²) in [5, 5.41) is 2.89. The predicted molar refractivity (Wildman–Crippen MR) is 91.6 cm³/mol. The molecule has 0 aliphatic carbocycles. The van der Waals surface area contributed by atoms with E-state index in [0.717, 1.165) is 18.5 Å². The molecule has 2 heterocycles. The number of benzene rings is 1. The monoisotopic (exact) mass is 326 g/mol. The molecule has 0 spiro atoms. The van der Waals surface area contributed by atoms with Crippen molar-refractivity contribution in [2.45, 2.75) is 32.4 Å². The van der Waals surface area contributed by atoms with Crippen LogP contribution in [-0.2, 0) is 17.8 Å². The molecule has 0 unspecified atom stereocenters. The Labute approximate surface area is 141 Å². The molecule has 6 heteroatoms. The molecule has 24 heavy (non-hydrogen) atoms. The van der Waals surface area contributed by atoms with Gasteiger partial charge in [0.1, 0.15) is 12.1 Å². The molecule has 0 saturated heterocycles. The zero-order chi connectivity index (χ0) is 16.9. The number of carbonyl (C=O) groups is 1. The lowest BCUT2D eigenvalue weighted by Gasteiger charge is -2.36. The first kappa shape index (κ1) is 16.4. The molecule has 126 valence electrons. The van der Waals surface area contributed by atoms with Crippen LogP contribution in [0.15, 0.2) is 36.7 Å². The van der Waals surface area contributed by atoms with Gasteiger partial charge in [0, 0.05) is 19.7 Å². The lowest BCUT2D eigenvalue weighted by Crippen LogP contribution is -2.42. The van der Waals surface area contributed by atoms with Crippen molar-refractivity contribution in [2.24, 2.45) is 0 Å². The third-order valence-corrected chi connectivity index (χ3v) is 4.31. The van der Waals surface area contributed by atoms with E-state index in [4.69, 9.17) is 4.74 Å². The average Bonchev–Trinajstić information content (AvgIpc) is 2.61. The third kappa shape index (κ3) is 3.38. The highest BCUT2D eigenvalue weighted by molar-refractivity contribution is 5.88. The van der Waals surface area contributed by atoms with Crippen LogP contribution >= 0.6 is 0 Å². The Hall–Kier alpha value is -2.47. The molecule has 0 bridgehead atoms. The van der Waals surface area contributed by atoms with Crippen molar-refractivity contribution in [1.29, 1.82) is 0 Å². The second-order valence-electron chi connectivity index (χ2n) is 5.82. The number of fused-ring (bicyclic) bond motifs is 1. The molecule has 3 rings (SSSR count). The molecule has 6 nitrogen and oxygen atoms in total. The Kier molecular flexibility index (Phi) is 5.05. The van der Waals surface area contributed by atoms with Crippen LogP contribution < -0.4 is 5.32 Å². The third-order valence-electron chi connectivity index (χ3n) is 4.31. The number of methoxy groups -OCH3 is 1. The molecule has 2 aromatic rings. The predicted octanol–water partition coefficient (Wildman–Crippen LogP) is 3.16. The molecule has 0 saturated carbocycles. The van der Waals surface area contributed by atoms with E-state index in [0.29, 0.717) is 19.0 Å². The minimum atomic E-state index is -0.126. The van der Waals surface area contributed by atoms with Crippen LogP contribution in [0, 0.1) is 0 Å². The van der Waals surface area contributed by atoms with Crippen molar-refractivity contribution in [3.05, 3.63) is 53.5 Å². The lowest BCUT2D eigenvalue weighted by atomic mass is 9.91. The topological polar surface area (TPSA) is 67.4 Å². The summed E-state index contributed by atoms with van der Waals surface area (Å²) in [4.78, 5) is 22.9. The Morgan fingerprint density at radius 3 is 3.00 bits per heavy atom. The maximum absolute atomic E-state index is 12.7. The highest BCUT2D eigenvalue weighted by atomic mass is 16.5. The van der Waals surface area contributed by atoms with Crippen molar-refractivity contribution >= 4 is 11.8 Å². The van der Waals surface area contributed by atoms with Gasteiger partial charge in [-0.3, -0.25) is 5.32 Å². The first-order chi connectivity index (χ1) is 11.7. The molecule has 0 radical (unpaired) electrons. The summed E-state index contributed by atoms with van der Waals surface area (Å²) in [6.07, 6.45) is 3.19. The Bertz CT molecular complexity index is 720. The molecule has 0 fully saturated rings. The summed E-state index contributed by atoms with van der Waals surface area (Å²) in [5.74, 6) is 0.496. The van der Waals surface area contributed by atoms with Gasteiger partial charge in [0.2, 0.25) is 0 Å². The zero-order valence-electron chi connectivity index (χ0n) is 14.0. The summed E-state index contributed by atoms with van der Waals surface area (Å²) in [7, 11) is 1.61. The number of rotatable bonds is 4. The second kappa shape index (κ2) is 7.40. The second-order valence-corrected chi connectivity index (χ2v) is 5.82. The summed E-state index contributed by atoms with van der Waals surface area (Å²) < 4.78 is 5.06. The maximum atomic E-state index is 12.7. The maximum Gasteiger partial charge on any atom is 0.323 e. The molecule has 1 aromatic heterocycles. The number of nitrogens with zero attached hydrogens (tertiary/aromatic N) is 3. The Morgan fingerprint density at radius 2 is 2.21 bits per heavy atom. The molecular weight excluding hydrogens is 304 g/mol. The summed E-state index contributed by atoms with van der Waals surface area (Å²) in [6, 6.07) is 10.1. The number of amides is 2. The van der Waals surface area contributed by atoms with Crippen LogP contribution in [-0.4, -0.2) is 34.6 Å². The van der Waals surface area contributed by atoms with Crippen molar-refractivity contribution in [3.63, 3.8) is 0 Å². The van der Waals surface area contributed by atoms with Crippen LogP contribution in [0.5, 0.6) is 0 Å². The van der Waals surface area contributed by atoms with Crippen LogP contribution in [0.3, 0.4) is 0 Å². The number of hydrogen-bond donors (Lipinski definition) is 1. The molecule has 1 atom stereocenters. The molecule has 1 aromatic carbocycles. The largest absolute Gasteiger partial charge is 0.378 e. The fourth-order valence-electron chi connectivity index (χ4n) is 3.21. The number of hydrogen-bond acceptors (Lipinski definition) is 4. The van der Waals surface area contributed by atoms with Gasteiger partial charge in [-0.05, 0) is 24.0 Å². The van der Waals surface area contributed by atoms with Gasteiger partial charge in [-0.25, -0.2) is 14.8 Å². The standard InChI is InChI=1S/C18H22N4O2/c1-3-16-15-7-5-4-6-13(15)8-9-22(16)18(23)21-17-10-14(11-24-2)19-12-20-17/h4-7,10,12,16H,3,8-9,11H2,1-2H3,(H,19,20,21,23)/t16-/m1/s1. The summed E-state index contributed by atoms with van der Waals surface area (Å²) >= 11 is 0. The molecule has 1 aliphatic heterocycles. The quantitative estimate of drug-likeness (QED) is 0.937. The first-order valence-electron chi connectivity index (χ1n) is 8.18. The van der Waals surface area contributed by atoms with E-state index in [1.165, 1.54) is 17.5 Å². The van der Waals surface area contributed by atoms with Gasteiger partial charge in [-0.15, -0.1) is 0 Å². The fourth-order valence-corrected chi connectivity index (χ4v) is 3.21. The lowest BCUT2D eigenvalue weighted by molar-refractivity contribution is 0.179. The smallest absolute Gasteiger partial charge is 0.323 e. The van der Waals surface area contributed by atoms with E-state index in [-0.39, 0.29) is 12.1 Å². The van der Waals surface area contributed by atoms with E-state index in [9.17, 15) is 4.79 Å². The summed E-state index contributed by atoms with van der Waals surface area (Å²) in [6.45, 7) is 3.20. The van der Waals surface area contributed by atoms with Gasteiger partial charge in [0.15, 0.2) is 0 Å². The van der Waals surface area contributed by atoms with E-state index in [1.54, 1.807) is 13.2 Å². The minimum absolute atomic E-state index is 0.0928. The number of carbonyl (C=O) groups excluding carboxylic acids is 1. The van der Waals surface area contributed by atoms with E-state index < -0.39 is 0 Å². The van der Waals surface area contributed by atoms with Crippen molar-refractivity contribution in [3.8, 4) is 0 Å². The number of nitrogens with one attached hydrogen (secondary N) is 1.